The highest BCUT2D eigenvalue weighted by molar-refractivity contribution is 4.79. The molecular weight excluding hydrogens is 276 g/mol. The minimum atomic E-state index is -0.415. The first-order chi connectivity index (χ1) is 10.1. The molecule has 5 heteroatoms. The third-order valence-electron chi connectivity index (χ3n) is 3.78. The van der Waals surface area contributed by atoms with E-state index in [4.69, 9.17) is 0 Å². The van der Waals surface area contributed by atoms with Crippen LogP contribution in [0.1, 0.15) is 41.5 Å². The predicted molar refractivity (Wildman–Crippen MR) is 85.3 cm³/mol. The van der Waals surface area contributed by atoms with E-state index in [9.17, 15) is 5.11 Å². The van der Waals surface area contributed by atoms with E-state index in [0.29, 0.717) is 13.1 Å². The number of aliphatic hydroxyl groups is 1. The molecule has 0 amide bonds. The van der Waals surface area contributed by atoms with E-state index in [1.807, 2.05) is 34.2 Å². The summed E-state index contributed by atoms with van der Waals surface area (Å²) in [4.78, 5) is 0. The predicted octanol–water partition coefficient (Wildman–Crippen LogP) is 1.44. The third kappa shape index (κ3) is 4.19. The second-order valence-corrected chi connectivity index (χ2v) is 8.03. The molecule has 122 valence electrons. The van der Waals surface area contributed by atoms with Crippen molar-refractivity contribution in [1.82, 2.24) is 9.13 Å². The van der Waals surface area contributed by atoms with Gasteiger partial charge in [0.25, 0.3) is 0 Å². The van der Waals surface area contributed by atoms with Crippen molar-refractivity contribution in [2.24, 2.45) is 0 Å². The largest absolute Gasteiger partial charge is 0.385 e. The molecule has 0 bridgehead atoms. The molecule has 0 radical (unpaired) electrons. The highest BCUT2D eigenvalue weighted by Gasteiger charge is 2.22. The van der Waals surface area contributed by atoms with Gasteiger partial charge in [0.15, 0.2) is 0 Å². The Morgan fingerprint density at radius 3 is 1.45 bits per heavy atom. The van der Waals surface area contributed by atoms with Crippen molar-refractivity contribution in [2.45, 2.75) is 71.8 Å². The highest BCUT2D eigenvalue weighted by Crippen LogP contribution is 2.12. The quantitative estimate of drug-likeness (QED) is 0.853. The fourth-order valence-corrected chi connectivity index (χ4v) is 2.34. The van der Waals surface area contributed by atoms with Crippen molar-refractivity contribution in [2.75, 3.05) is 0 Å². The van der Waals surface area contributed by atoms with Crippen LogP contribution < -0.4 is 9.13 Å². The zero-order valence-corrected chi connectivity index (χ0v) is 14.7. The maximum Gasteiger partial charge on any atom is 0.244 e. The third-order valence-corrected chi connectivity index (χ3v) is 3.78. The first kappa shape index (κ1) is 16.7. The lowest BCUT2D eigenvalue weighted by atomic mass is 10.1. The molecular formula is C17H30N4O+2. The number of hydrogen-bond donors (Lipinski definition) is 1. The Labute approximate surface area is 133 Å². The van der Waals surface area contributed by atoms with Crippen LogP contribution in [0.5, 0.6) is 0 Å². The Bertz CT molecular complexity index is 559. The SMILES string of the molecule is CC(C)(C)n1cc[n+](CC(O)C[n+]2ccn(C(C)(C)C)c2)c1. The molecule has 0 aliphatic heterocycles. The number of aliphatic hydroxyl groups excluding tert-OH is 1. The average Bonchev–Trinajstić information content (AvgIpc) is 2.96. The summed E-state index contributed by atoms with van der Waals surface area (Å²) in [5, 5.41) is 10.3. The summed E-state index contributed by atoms with van der Waals surface area (Å²) in [5.74, 6) is 0. The van der Waals surface area contributed by atoms with Crippen molar-refractivity contribution < 1.29 is 14.2 Å². The summed E-state index contributed by atoms with van der Waals surface area (Å²) >= 11 is 0. The minimum absolute atomic E-state index is 0.0644. The lowest BCUT2D eigenvalue weighted by Gasteiger charge is -2.14. The molecule has 2 rings (SSSR count). The molecule has 0 saturated heterocycles. The Hall–Kier alpha value is -1.62. The molecule has 2 heterocycles. The van der Waals surface area contributed by atoms with Crippen molar-refractivity contribution in [3.05, 3.63) is 37.4 Å². The molecule has 0 spiro atoms. The molecule has 2 aromatic rings. The van der Waals surface area contributed by atoms with Crippen LogP contribution in [0.15, 0.2) is 37.4 Å². The Morgan fingerprint density at radius 1 is 0.818 bits per heavy atom. The van der Waals surface area contributed by atoms with E-state index in [1.54, 1.807) is 0 Å². The molecule has 0 aliphatic rings. The van der Waals surface area contributed by atoms with E-state index < -0.39 is 6.10 Å². The van der Waals surface area contributed by atoms with Gasteiger partial charge in [0.2, 0.25) is 12.7 Å². The fourth-order valence-electron chi connectivity index (χ4n) is 2.34. The Kier molecular flexibility index (Phi) is 4.47. The fraction of sp³-hybridized carbons (Fsp3) is 0.647. The molecule has 0 aromatic carbocycles. The van der Waals surface area contributed by atoms with Gasteiger partial charge in [-0.1, -0.05) is 0 Å². The summed E-state index contributed by atoms with van der Waals surface area (Å²) in [6.45, 7) is 14.2. The van der Waals surface area contributed by atoms with E-state index in [0.717, 1.165) is 0 Å². The van der Waals surface area contributed by atoms with Crippen LogP contribution in [0.2, 0.25) is 0 Å². The summed E-state index contributed by atoms with van der Waals surface area (Å²) < 4.78 is 8.39. The Morgan fingerprint density at radius 2 is 1.18 bits per heavy atom. The van der Waals surface area contributed by atoms with E-state index >= 15 is 0 Å². The maximum atomic E-state index is 10.3. The zero-order valence-electron chi connectivity index (χ0n) is 14.7. The van der Waals surface area contributed by atoms with Crippen molar-refractivity contribution in [1.29, 1.82) is 0 Å². The summed E-state index contributed by atoms with van der Waals surface area (Å²) in [6.07, 6.45) is 11.8. The number of rotatable bonds is 4. The number of hydrogen-bond acceptors (Lipinski definition) is 1. The number of aromatic nitrogens is 4. The average molecular weight is 306 g/mol. The molecule has 0 fully saturated rings. The molecule has 0 atom stereocenters. The lowest BCUT2D eigenvalue weighted by molar-refractivity contribution is -0.737. The van der Waals surface area contributed by atoms with Crippen LogP contribution in [0, 0.1) is 0 Å². The smallest absolute Gasteiger partial charge is 0.244 e. The first-order valence-electron chi connectivity index (χ1n) is 7.89. The van der Waals surface area contributed by atoms with Crippen molar-refractivity contribution >= 4 is 0 Å². The molecule has 0 saturated carbocycles. The first-order valence-corrected chi connectivity index (χ1v) is 7.89. The van der Waals surface area contributed by atoms with Crippen molar-refractivity contribution in [3.8, 4) is 0 Å². The van der Waals surface area contributed by atoms with Crippen LogP contribution in [-0.2, 0) is 24.2 Å². The normalized spacial score (nSPS) is 13.1. The molecule has 1 N–H and O–H groups in total. The monoisotopic (exact) mass is 306 g/mol. The topological polar surface area (TPSA) is 37.9 Å². The zero-order chi connectivity index (χ0) is 16.5. The number of imidazole rings is 2. The summed E-state index contributed by atoms with van der Waals surface area (Å²) in [6, 6.07) is 0. The molecule has 2 aromatic heterocycles. The van der Waals surface area contributed by atoms with Crippen LogP contribution in [-0.4, -0.2) is 20.3 Å². The molecule has 0 aliphatic carbocycles. The molecule has 5 nitrogen and oxygen atoms in total. The van der Waals surface area contributed by atoms with Crippen LogP contribution in [0.3, 0.4) is 0 Å². The molecule has 0 unspecified atom stereocenters. The van der Waals surface area contributed by atoms with Gasteiger partial charge in [0, 0.05) is 0 Å². The summed E-state index contributed by atoms with van der Waals surface area (Å²) in [7, 11) is 0. The van der Waals surface area contributed by atoms with Gasteiger partial charge in [-0.2, -0.15) is 0 Å². The van der Waals surface area contributed by atoms with E-state index in [1.165, 1.54) is 0 Å². The maximum absolute atomic E-state index is 10.3. The second-order valence-electron chi connectivity index (χ2n) is 8.03. The lowest BCUT2D eigenvalue weighted by Crippen LogP contribution is -2.46. The Balaban J connectivity index is 1.97. The van der Waals surface area contributed by atoms with Gasteiger partial charge >= 0.3 is 0 Å². The van der Waals surface area contributed by atoms with Crippen molar-refractivity contribution in [3.63, 3.8) is 0 Å². The van der Waals surface area contributed by atoms with Gasteiger partial charge in [-0.3, -0.25) is 0 Å². The van der Waals surface area contributed by atoms with Gasteiger partial charge in [-0.15, -0.1) is 0 Å². The standard InChI is InChI=1S/C17H30N4O/c1-16(2,3)20-9-7-18(13-20)11-15(22)12-19-8-10-21(14-19)17(4,5)6/h7-10,13-15,22H,11-12H2,1-6H3/q+2. The molecule has 22 heavy (non-hydrogen) atoms. The van der Waals surface area contributed by atoms with E-state index in [-0.39, 0.29) is 11.1 Å². The van der Waals surface area contributed by atoms with Gasteiger partial charge in [-0.05, 0) is 41.5 Å². The minimum Gasteiger partial charge on any atom is -0.385 e. The van der Waals surface area contributed by atoms with Gasteiger partial charge in [0.05, 0.1) is 0 Å². The highest BCUT2D eigenvalue weighted by atomic mass is 16.3. The van der Waals surface area contributed by atoms with Gasteiger partial charge < -0.3 is 5.11 Å². The number of nitrogens with zero attached hydrogens (tertiary/aromatic N) is 4. The van der Waals surface area contributed by atoms with Gasteiger partial charge in [0.1, 0.15) is 55.1 Å². The van der Waals surface area contributed by atoms with Crippen LogP contribution in [0.4, 0.5) is 0 Å². The van der Waals surface area contributed by atoms with Crippen LogP contribution in [0.25, 0.3) is 0 Å². The summed E-state index contributed by atoms with van der Waals surface area (Å²) in [5.41, 5.74) is 0.129. The van der Waals surface area contributed by atoms with Crippen LogP contribution >= 0.6 is 0 Å². The second kappa shape index (κ2) is 5.88. The van der Waals surface area contributed by atoms with Gasteiger partial charge in [-0.25, -0.2) is 18.3 Å². The van der Waals surface area contributed by atoms with E-state index in [2.05, 4.69) is 63.1 Å².